The summed E-state index contributed by atoms with van der Waals surface area (Å²) >= 11 is 1.88. The van der Waals surface area contributed by atoms with Crippen LogP contribution in [0.2, 0.25) is 0 Å². The zero-order valence-corrected chi connectivity index (χ0v) is 32.6. The minimum Gasteiger partial charge on any atom is -0.309 e. The molecule has 0 unspecified atom stereocenters. The lowest BCUT2D eigenvalue weighted by Gasteiger charge is -2.33. The van der Waals surface area contributed by atoms with Gasteiger partial charge in [0.15, 0.2) is 0 Å². The number of nitrogens with zero attached hydrogens (tertiary/aromatic N) is 1. The minimum absolute atomic E-state index is 0.0933. The highest BCUT2D eigenvalue weighted by atomic mass is 32.1. The van der Waals surface area contributed by atoms with Gasteiger partial charge >= 0.3 is 0 Å². The van der Waals surface area contributed by atoms with Crippen LogP contribution in [0.25, 0.3) is 86.6 Å². The second-order valence-corrected chi connectivity index (χ2v) is 17.2. The molecule has 0 spiro atoms. The van der Waals surface area contributed by atoms with Crippen molar-refractivity contribution < 1.29 is 0 Å². The fourth-order valence-electron chi connectivity index (χ4n) is 9.85. The van der Waals surface area contributed by atoms with Crippen LogP contribution in [0.4, 0.5) is 17.1 Å². The number of rotatable bonds is 3. The van der Waals surface area contributed by atoms with E-state index in [2.05, 4.69) is 207 Å². The molecule has 2 heteroatoms. The Labute approximate surface area is 336 Å². The van der Waals surface area contributed by atoms with Crippen LogP contribution >= 0.6 is 11.3 Å². The third-order valence-electron chi connectivity index (χ3n) is 12.6. The number of hydrogen-bond donors (Lipinski definition) is 0. The van der Waals surface area contributed by atoms with Crippen LogP contribution in [0, 0.1) is 0 Å². The summed E-state index contributed by atoms with van der Waals surface area (Å²) in [6.45, 7) is 4.74. The van der Waals surface area contributed by atoms with Gasteiger partial charge in [-0.15, -0.1) is 11.3 Å². The molecule has 0 radical (unpaired) electrons. The number of para-hydroxylation sites is 2. The second kappa shape index (κ2) is 12.1. The summed E-state index contributed by atoms with van der Waals surface area (Å²) in [4.78, 5) is 2.51. The molecule has 1 aliphatic carbocycles. The van der Waals surface area contributed by atoms with Crippen LogP contribution in [-0.4, -0.2) is 0 Å². The van der Waals surface area contributed by atoms with Gasteiger partial charge in [-0.3, -0.25) is 0 Å². The maximum atomic E-state index is 2.51. The molecular weight excluding hydrogens is 707 g/mol. The first kappa shape index (κ1) is 32.5. The molecule has 57 heavy (non-hydrogen) atoms. The molecule has 0 saturated heterocycles. The van der Waals surface area contributed by atoms with Gasteiger partial charge in [0.2, 0.25) is 0 Å². The molecule has 0 N–H and O–H groups in total. The fraction of sp³-hybridized carbons (Fsp3) is 0.0545. The van der Waals surface area contributed by atoms with E-state index in [-0.39, 0.29) is 5.41 Å². The van der Waals surface area contributed by atoms with Crippen LogP contribution in [0.5, 0.6) is 0 Å². The van der Waals surface area contributed by atoms with Crippen molar-refractivity contribution in [2.75, 3.05) is 4.90 Å². The summed E-state index contributed by atoms with van der Waals surface area (Å²) in [5.74, 6) is 0. The Balaban J connectivity index is 1.13. The lowest BCUT2D eigenvalue weighted by atomic mass is 9.81. The monoisotopic (exact) mass is 743 g/mol. The summed E-state index contributed by atoms with van der Waals surface area (Å²) in [5.41, 5.74) is 18.6. The number of anilines is 3. The lowest BCUT2D eigenvalue weighted by Crippen LogP contribution is -2.15. The quantitative estimate of drug-likeness (QED) is 0.174. The highest BCUT2D eigenvalue weighted by Crippen LogP contribution is 2.53. The van der Waals surface area contributed by atoms with Gasteiger partial charge in [0, 0.05) is 42.4 Å². The molecule has 2 aliphatic rings. The normalized spacial score (nSPS) is 13.5. The molecule has 0 atom stereocenters. The van der Waals surface area contributed by atoms with Gasteiger partial charge in [-0.2, -0.15) is 0 Å². The molecule has 0 fully saturated rings. The summed E-state index contributed by atoms with van der Waals surface area (Å²) < 4.78 is 2.63. The van der Waals surface area contributed by atoms with Gasteiger partial charge in [0.25, 0.3) is 0 Å². The molecule has 1 nitrogen and oxygen atoms in total. The predicted octanol–water partition coefficient (Wildman–Crippen LogP) is 16.0. The van der Waals surface area contributed by atoms with E-state index in [4.69, 9.17) is 0 Å². The van der Waals surface area contributed by atoms with Gasteiger partial charge in [0.1, 0.15) is 0 Å². The van der Waals surface area contributed by atoms with Crippen molar-refractivity contribution in [1.82, 2.24) is 0 Å². The number of hydrogen-bond acceptors (Lipinski definition) is 2. The van der Waals surface area contributed by atoms with Crippen LogP contribution < -0.4 is 4.90 Å². The Morgan fingerprint density at radius 1 is 0.386 bits per heavy atom. The van der Waals surface area contributed by atoms with Crippen molar-refractivity contribution in [2.45, 2.75) is 19.3 Å². The van der Waals surface area contributed by atoms with E-state index < -0.39 is 0 Å². The Bertz CT molecular complexity index is 3210. The van der Waals surface area contributed by atoms with E-state index in [9.17, 15) is 0 Å². The number of thiophene rings is 1. The lowest BCUT2D eigenvalue weighted by molar-refractivity contribution is 0.660. The first-order chi connectivity index (χ1) is 28.0. The van der Waals surface area contributed by atoms with Gasteiger partial charge in [-0.05, 0) is 115 Å². The van der Waals surface area contributed by atoms with Crippen molar-refractivity contribution in [2.24, 2.45) is 0 Å². The largest absolute Gasteiger partial charge is 0.309 e. The second-order valence-electron chi connectivity index (χ2n) is 16.1. The van der Waals surface area contributed by atoms with Crippen molar-refractivity contribution in [1.29, 1.82) is 0 Å². The number of benzene rings is 9. The van der Waals surface area contributed by atoms with Crippen molar-refractivity contribution in [3.63, 3.8) is 0 Å². The molecular formula is C55H37NS. The van der Waals surface area contributed by atoms with Crippen LogP contribution in [0.15, 0.2) is 188 Å². The zero-order valence-electron chi connectivity index (χ0n) is 31.8. The predicted molar refractivity (Wildman–Crippen MR) is 244 cm³/mol. The van der Waals surface area contributed by atoms with Crippen LogP contribution in [0.3, 0.4) is 0 Å². The summed E-state index contributed by atoms with van der Waals surface area (Å²) in [6.07, 6.45) is 0. The summed E-state index contributed by atoms with van der Waals surface area (Å²) in [5, 5.41) is 5.19. The van der Waals surface area contributed by atoms with Gasteiger partial charge < -0.3 is 4.90 Å². The standard InChI is InChI=1S/C55H37NS/c1-55(2)48-21-7-3-15-40(48)41-27-25-35(32-49(41)55)37-29-38(36-26-28-45-44-18-6-10-24-52(44)57-53(45)33-36)31-39(30-37)56-50-22-8-4-16-42(50)46-19-11-13-34-14-12-20-47(54(34)46)43-17-5-9-23-51(43)56/h3-33H,1-2H3. The van der Waals surface area contributed by atoms with Crippen LogP contribution in [0.1, 0.15) is 25.0 Å². The third-order valence-corrected chi connectivity index (χ3v) is 13.7. The Morgan fingerprint density at radius 2 is 0.947 bits per heavy atom. The molecule has 12 rings (SSSR count). The zero-order chi connectivity index (χ0) is 37.8. The molecule has 10 aromatic rings. The van der Waals surface area contributed by atoms with E-state index in [1.807, 2.05) is 11.3 Å². The first-order valence-corrected chi connectivity index (χ1v) is 20.7. The van der Waals surface area contributed by atoms with E-state index in [1.54, 1.807) is 0 Å². The third kappa shape index (κ3) is 4.81. The van der Waals surface area contributed by atoms with Crippen LogP contribution in [-0.2, 0) is 5.41 Å². The maximum absolute atomic E-state index is 2.51. The Hall–Kier alpha value is -6.74. The fourth-order valence-corrected chi connectivity index (χ4v) is 11.0. The molecule has 2 heterocycles. The van der Waals surface area contributed by atoms with E-state index >= 15 is 0 Å². The smallest absolute Gasteiger partial charge is 0.0540 e. The van der Waals surface area contributed by atoms with Crippen molar-refractivity contribution in [3.05, 3.63) is 199 Å². The highest BCUT2D eigenvalue weighted by molar-refractivity contribution is 7.25. The summed E-state index contributed by atoms with van der Waals surface area (Å²) in [6, 6.07) is 70.5. The molecule has 1 aliphatic heterocycles. The minimum atomic E-state index is -0.0933. The molecule has 0 saturated carbocycles. The highest BCUT2D eigenvalue weighted by Gasteiger charge is 2.35. The van der Waals surface area contributed by atoms with E-state index in [1.165, 1.54) is 109 Å². The molecule has 268 valence electrons. The number of fused-ring (bicyclic) bond motifs is 10. The van der Waals surface area contributed by atoms with Gasteiger partial charge in [-0.25, -0.2) is 0 Å². The Kier molecular flexibility index (Phi) is 6.91. The van der Waals surface area contributed by atoms with E-state index in [0.717, 1.165) is 5.69 Å². The topological polar surface area (TPSA) is 3.24 Å². The molecule has 9 aromatic carbocycles. The Morgan fingerprint density at radius 3 is 1.68 bits per heavy atom. The molecule has 0 bridgehead atoms. The average Bonchev–Trinajstić information content (AvgIpc) is 3.74. The van der Waals surface area contributed by atoms with Crippen molar-refractivity contribution >= 4 is 59.3 Å². The average molecular weight is 744 g/mol. The molecule has 1 aromatic heterocycles. The van der Waals surface area contributed by atoms with Gasteiger partial charge in [0.05, 0.1) is 11.4 Å². The molecule has 0 amide bonds. The maximum Gasteiger partial charge on any atom is 0.0540 e. The first-order valence-electron chi connectivity index (χ1n) is 19.8. The van der Waals surface area contributed by atoms with Crippen molar-refractivity contribution in [3.8, 4) is 55.6 Å². The SMILES string of the molecule is CC1(C)c2ccccc2-c2ccc(-c3cc(-c4ccc5c(c4)sc4ccccc45)cc(N4c5ccccc5-c5cccc6cccc(c56)-c5ccccc54)c3)cc21. The van der Waals surface area contributed by atoms with Gasteiger partial charge in [-0.1, -0.05) is 153 Å². The van der Waals surface area contributed by atoms with E-state index in [0.29, 0.717) is 0 Å². The summed E-state index contributed by atoms with van der Waals surface area (Å²) in [7, 11) is 0.